The molecule has 0 radical (unpaired) electrons. The zero-order chi connectivity index (χ0) is 19.1. The summed E-state index contributed by atoms with van der Waals surface area (Å²) in [5.74, 6) is 0.369. The molecule has 0 amide bonds. The first kappa shape index (κ1) is 20.4. The highest BCUT2D eigenvalue weighted by molar-refractivity contribution is 7.94. The van der Waals surface area contributed by atoms with Gasteiger partial charge >= 0.3 is 0 Å². The molecule has 1 N–H and O–H groups in total. The minimum absolute atomic E-state index is 0.391. The predicted molar refractivity (Wildman–Crippen MR) is 107 cm³/mol. The Morgan fingerprint density at radius 1 is 1.07 bits per heavy atom. The van der Waals surface area contributed by atoms with Gasteiger partial charge in [-0.2, -0.15) is 5.26 Å². The molecule has 0 aromatic rings. The maximum atomic E-state index is 12.3. The van der Waals surface area contributed by atoms with E-state index in [9.17, 15) is 8.42 Å². The Bertz CT molecular complexity index is 646. The van der Waals surface area contributed by atoms with Gasteiger partial charge in [0.05, 0.1) is 11.5 Å². The van der Waals surface area contributed by atoms with Gasteiger partial charge in [0.1, 0.15) is 11.6 Å². The Hall–Kier alpha value is -1.30. The molecule has 0 atom stereocenters. The lowest BCUT2D eigenvalue weighted by Gasteiger charge is -2.35. The second-order valence-corrected chi connectivity index (χ2v) is 9.71. The van der Waals surface area contributed by atoms with Crippen LogP contribution in [0.5, 0.6) is 0 Å². The number of hydrogen-bond donors (Lipinski definition) is 1. The molecule has 3 aliphatic heterocycles. The lowest BCUT2D eigenvalue weighted by molar-refractivity contribution is 0.204. The van der Waals surface area contributed by atoms with Gasteiger partial charge < -0.3 is 20.0 Å². The SMILES string of the molecule is N#CCS(=O)(=O)/C=C1\N(CCCN2CCCCC2)CCN1C1CCNCC1. The van der Waals surface area contributed by atoms with Crippen LogP contribution in [0.4, 0.5) is 0 Å². The summed E-state index contributed by atoms with van der Waals surface area (Å²) < 4.78 is 24.6. The Morgan fingerprint density at radius 3 is 2.52 bits per heavy atom. The van der Waals surface area contributed by atoms with Crippen molar-refractivity contribution >= 4 is 9.84 Å². The Labute approximate surface area is 163 Å². The molecule has 152 valence electrons. The fourth-order valence-electron chi connectivity index (χ4n) is 4.46. The fraction of sp³-hybridized carbons (Fsp3) is 0.842. The highest BCUT2D eigenvalue weighted by Gasteiger charge is 2.32. The van der Waals surface area contributed by atoms with Gasteiger partial charge in [0.25, 0.3) is 0 Å². The summed E-state index contributed by atoms with van der Waals surface area (Å²) in [6, 6.07) is 2.18. The molecule has 27 heavy (non-hydrogen) atoms. The molecule has 3 saturated heterocycles. The lowest BCUT2D eigenvalue weighted by Crippen LogP contribution is -2.42. The van der Waals surface area contributed by atoms with Gasteiger partial charge in [-0.15, -0.1) is 0 Å². The topological polar surface area (TPSA) is 79.7 Å². The smallest absolute Gasteiger partial charge is 0.188 e. The van der Waals surface area contributed by atoms with Crippen LogP contribution in [0.15, 0.2) is 11.2 Å². The fourth-order valence-corrected chi connectivity index (χ4v) is 5.33. The van der Waals surface area contributed by atoms with E-state index < -0.39 is 15.6 Å². The van der Waals surface area contributed by atoms with Crippen molar-refractivity contribution in [2.75, 3.05) is 58.1 Å². The van der Waals surface area contributed by atoms with Crippen LogP contribution >= 0.6 is 0 Å². The molecule has 3 heterocycles. The number of piperidine rings is 2. The zero-order valence-electron chi connectivity index (χ0n) is 16.3. The average molecular weight is 396 g/mol. The van der Waals surface area contributed by atoms with Crippen molar-refractivity contribution in [1.29, 1.82) is 5.26 Å². The Balaban J connectivity index is 1.65. The second kappa shape index (κ2) is 9.76. The van der Waals surface area contributed by atoms with Crippen LogP contribution < -0.4 is 5.32 Å². The number of nitriles is 1. The van der Waals surface area contributed by atoms with E-state index in [1.807, 2.05) is 0 Å². The van der Waals surface area contributed by atoms with E-state index in [2.05, 4.69) is 20.0 Å². The molecule has 0 aromatic carbocycles. The van der Waals surface area contributed by atoms with Crippen LogP contribution in [0.3, 0.4) is 0 Å². The number of rotatable bonds is 7. The van der Waals surface area contributed by atoms with Crippen molar-refractivity contribution in [3.8, 4) is 6.07 Å². The molecule has 3 fully saturated rings. The van der Waals surface area contributed by atoms with Crippen LogP contribution in [0.25, 0.3) is 0 Å². The number of likely N-dealkylation sites (tertiary alicyclic amines) is 1. The minimum Gasteiger partial charge on any atom is -0.356 e. The van der Waals surface area contributed by atoms with Crippen molar-refractivity contribution in [2.45, 2.75) is 44.6 Å². The molecule has 0 bridgehead atoms. The first-order valence-corrected chi connectivity index (χ1v) is 12.1. The molecular formula is C19H33N5O2S. The molecule has 0 aliphatic carbocycles. The summed E-state index contributed by atoms with van der Waals surface area (Å²) in [6.45, 7) is 8.07. The van der Waals surface area contributed by atoms with Gasteiger partial charge in [-0.1, -0.05) is 6.42 Å². The number of nitrogens with one attached hydrogen (secondary N) is 1. The summed E-state index contributed by atoms with van der Waals surface area (Å²) in [7, 11) is -3.50. The highest BCUT2D eigenvalue weighted by Crippen LogP contribution is 2.26. The molecule has 8 heteroatoms. The lowest BCUT2D eigenvalue weighted by atomic mass is 10.1. The van der Waals surface area contributed by atoms with Gasteiger partial charge in [-0.25, -0.2) is 8.42 Å². The molecule has 3 aliphatic rings. The van der Waals surface area contributed by atoms with E-state index >= 15 is 0 Å². The standard InChI is InChI=1S/C19H33N5O2S/c20-7-16-27(25,26)17-19-23(13-4-12-22-10-2-1-3-11-22)14-15-24(19)18-5-8-21-9-6-18/h17-18,21H,1-6,8-16H2/b19-17+. The van der Waals surface area contributed by atoms with Crippen molar-refractivity contribution in [2.24, 2.45) is 0 Å². The first-order valence-electron chi connectivity index (χ1n) is 10.3. The van der Waals surface area contributed by atoms with Crippen molar-refractivity contribution in [3.05, 3.63) is 11.2 Å². The minimum atomic E-state index is -3.50. The number of nitrogens with zero attached hydrogens (tertiary/aromatic N) is 4. The largest absolute Gasteiger partial charge is 0.356 e. The van der Waals surface area contributed by atoms with Crippen LogP contribution in [0.2, 0.25) is 0 Å². The van der Waals surface area contributed by atoms with Crippen LogP contribution in [0, 0.1) is 11.3 Å². The second-order valence-electron chi connectivity index (χ2n) is 7.86. The third kappa shape index (κ3) is 5.84. The molecular weight excluding hydrogens is 362 g/mol. The van der Waals surface area contributed by atoms with Gasteiger partial charge in [-0.3, -0.25) is 0 Å². The summed E-state index contributed by atoms with van der Waals surface area (Å²) in [4.78, 5) is 7.03. The average Bonchev–Trinajstić information content (AvgIpc) is 3.05. The van der Waals surface area contributed by atoms with Crippen molar-refractivity contribution < 1.29 is 8.42 Å². The van der Waals surface area contributed by atoms with E-state index in [1.54, 1.807) is 6.07 Å². The predicted octanol–water partition coefficient (Wildman–Crippen LogP) is 0.969. The van der Waals surface area contributed by atoms with E-state index in [4.69, 9.17) is 5.26 Å². The van der Waals surface area contributed by atoms with Gasteiger partial charge in [-0.05, 0) is 64.8 Å². The monoisotopic (exact) mass is 395 g/mol. The Morgan fingerprint density at radius 2 is 1.81 bits per heavy atom. The van der Waals surface area contributed by atoms with Crippen molar-refractivity contribution in [1.82, 2.24) is 20.0 Å². The quantitative estimate of drug-likeness (QED) is 0.688. The molecule has 0 saturated carbocycles. The number of hydrogen-bond acceptors (Lipinski definition) is 7. The maximum Gasteiger partial charge on any atom is 0.188 e. The normalized spacial score (nSPS) is 24.5. The molecule has 0 spiro atoms. The highest BCUT2D eigenvalue weighted by atomic mass is 32.2. The molecule has 0 unspecified atom stereocenters. The van der Waals surface area contributed by atoms with Gasteiger partial charge in [0, 0.05) is 25.7 Å². The summed E-state index contributed by atoms with van der Waals surface area (Å²) in [5, 5.41) is 13.6. The number of sulfone groups is 1. The van der Waals surface area contributed by atoms with Crippen LogP contribution in [-0.4, -0.2) is 87.3 Å². The third-order valence-corrected chi connectivity index (χ3v) is 6.98. The summed E-state index contributed by atoms with van der Waals surface area (Å²) in [6.07, 6.45) is 7.07. The van der Waals surface area contributed by atoms with Gasteiger partial charge in [0.2, 0.25) is 0 Å². The first-order chi connectivity index (χ1) is 13.1. The van der Waals surface area contributed by atoms with Gasteiger partial charge in [0.15, 0.2) is 9.84 Å². The van der Waals surface area contributed by atoms with E-state index in [0.717, 1.165) is 64.4 Å². The van der Waals surface area contributed by atoms with E-state index in [1.165, 1.54) is 37.8 Å². The zero-order valence-corrected chi connectivity index (χ0v) is 17.1. The Kier molecular flexibility index (Phi) is 7.39. The third-order valence-electron chi connectivity index (χ3n) is 5.88. The summed E-state index contributed by atoms with van der Waals surface area (Å²) >= 11 is 0. The molecule has 0 aromatic heterocycles. The van der Waals surface area contributed by atoms with Crippen LogP contribution in [-0.2, 0) is 9.84 Å². The molecule has 7 nitrogen and oxygen atoms in total. The van der Waals surface area contributed by atoms with Crippen molar-refractivity contribution in [3.63, 3.8) is 0 Å². The van der Waals surface area contributed by atoms with E-state index in [0.29, 0.717) is 6.04 Å². The van der Waals surface area contributed by atoms with E-state index in [-0.39, 0.29) is 0 Å². The summed E-state index contributed by atoms with van der Waals surface area (Å²) in [5.41, 5.74) is 0. The maximum absolute atomic E-state index is 12.3. The molecule has 3 rings (SSSR count). The van der Waals surface area contributed by atoms with Crippen LogP contribution in [0.1, 0.15) is 38.5 Å².